The third kappa shape index (κ3) is 10.0. The summed E-state index contributed by atoms with van der Waals surface area (Å²) in [7, 11) is 0. The molecule has 2 aromatic carbocycles. The first-order valence-corrected chi connectivity index (χ1v) is 15.9. The lowest BCUT2D eigenvalue weighted by Gasteiger charge is -2.29. The molecular weight excluding hydrogens is 468 g/mol. The largest absolute Gasteiger partial charge is 0.494 e. The zero-order valence-electron chi connectivity index (χ0n) is 24.0. The van der Waals surface area contributed by atoms with E-state index in [9.17, 15) is 0 Å². The van der Waals surface area contributed by atoms with E-state index >= 15 is 0 Å². The molecule has 38 heavy (non-hydrogen) atoms. The molecule has 0 bridgehead atoms. The second-order valence-corrected chi connectivity index (χ2v) is 11.8. The van der Waals surface area contributed by atoms with E-state index in [0.29, 0.717) is 5.92 Å². The van der Waals surface area contributed by atoms with Gasteiger partial charge >= 0.3 is 0 Å². The molecule has 1 saturated heterocycles. The molecule has 3 heteroatoms. The average Bonchev–Trinajstić information content (AvgIpc) is 3.49. The molecule has 0 radical (unpaired) electrons. The third-order valence-electron chi connectivity index (χ3n) is 8.55. The monoisotopic (exact) mass is 520 g/mol. The van der Waals surface area contributed by atoms with Crippen LogP contribution in [0.25, 0.3) is 11.1 Å². The number of hydrogen-bond donors (Lipinski definition) is 0. The quantitative estimate of drug-likeness (QED) is 0.194. The van der Waals surface area contributed by atoms with Crippen molar-refractivity contribution in [2.75, 3.05) is 19.8 Å². The SMILES string of the molecule is CCCCCCCCC[C@H]1CO[C@H](c2ccc(-c3ccc(OCCCCCC4CCCC4)cc3)cc2)OC1. The van der Waals surface area contributed by atoms with Gasteiger partial charge < -0.3 is 14.2 Å². The molecule has 0 atom stereocenters. The number of unbranched alkanes of at least 4 members (excludes halogenated alkanes) is 8. The summed E-state index contributed by atoms with van der Waals surface area (Å²) < 4.78 is 18.2. The zero-order valence-corrected chi connectivity index (χ0v) is 24.0. The summed E-state index contributed by atoms with van der Waals surface area (Å²) in [4.78, 5) is 0. The van der Waals surface area contributed by atoms with Crippen molar-refractivity contribution in [3.05, 3.63) is 54.1 Å². The first-order valence-electron chi connectivity index (χ1n) is 15.9. The molecule has 1 aliphatic heterocycles. The van der Waals surface area contributed by atoms with Gasteiger partial charge in [0.05, 0.1) is 19.8 Å². The van der Waals surface area contributed by atoms with E-state index < -0.39 is 0 Å². The van der Waals surface area contributed by atoms with Crippen LogP contribution >= 0.6 is 0 Å². The van der Waals surface area contributed by atoms with Crippen LogP contribution in [0.2, 0.25) is 0 Å². The molecule has 0 aromatic heterocycles. The van der Waals surface area contributed by atoms with Crippen LogP contribution in [0.1, 0.15) is 122 Å². The Bertz CT molecular complexity index is 861. The lowest BCUT2D eigenvalue weighted by atomic mass is 10.00. The van der Waals surface area contributed by atoms with E-state index in [4.69, 9.17) is 14.2 Å². The maximum Gasteiger partial charge on any atom is 0.183 e. The lowest BCUT2D eigenvalue weighted by molar-refractivity contribution is -0.206. The Morgan fingerprint density at radius 2 is 1.18 bits per heavy atom. The number of rotatable bonds is 17. The van der Waals surface area contributed by atoms with Gasteiger partial charge in [0.15, 0.2) is 6.29 Å². The van der Waals surface area contributed by atoms with Gasteiger partial charge in [0.1, 0.15) is 5.75 Å². The van der Waals surface area contributed by atoms with Crippen LogP contribution in [0.5, 0.6) is 5.75 Å². The molecule has 2 aliphatic rings. The Morgan fingerprint density at radius 3 is 1.84 bits per heavy atom. The Hall–Kier alpha value is -1.84. The maximum atomic E-state index is 6.10. The van der Waals surface area contributed by atoms with Gasteiger partial charge in [-0.25, -0.2) is 0 Å². The van der Waals surface area contributed by atoms with Crippen LogP contribution in [0.15, 0.2) is 48.5 Å². The summed E-state index contributed by atoms with van der Waals surface area (Å²) in [5.74, 6) is 2.52. The fraction of sp³-hybridized carbons (Fsp3) is 0.657. The highest BCUT2D eigenvalue weighted by molar-refractivity contribution is 5.64. The molecular formula is C35H52O3. The average molecular weight is 521 g/mol. The van der Waals surface area contributed by atoms with Crippen molar-refractivity contribution in [3.8, 4) is 16.9 Å². The fourth-order valence-corrected chi connectivity index (χ4v) is 6.07. The Balaban J connectivity index is 1.10. The van der Waals surface area contributed by atoms with Gasteiger partial charge in [0, 0.05) is 11.5 Å². The minimum atomic E-state index is -0.233. The first kappa shape index (κ1) is 29.2. The van der Waals surface area contributed by atoms with E-state index in [2.05, 4.69) is 55.5 Å². The van der Waals surface area contributed by atoms with Crippen LogP contribution in [0, 0.1) is 11.8 Å². The van der Waals surface area contributed by atoms with Crippen molar-refractivity contribution in [1.29, 1.82) is 0 Å². The van der Waals surface area contributed by atoms with Gasteiger partial charge in [-0.2, -0.15) is 0 Å². The lowest BCUT2D eigenvalue weighted by Crippen LogP contribution is -2.27. The van der Waals surface area contributed by atoms with Gasteiger partial charge in [-0.05, 0) is 42.0 Å². The Labute approximate surface area is 232 Å². The van der Waals surface area contributed by atoms with Crippen LogP contribution in [-0.2, 0) is 9.47 Å². The summed E-state index contributed by atoms with van der Waals surface area (Å²) in [6, 6.07) is 17.2. The zero-order chi connectivity index (χ0) is 26.3. The minimum absolute atomic E-state index is 0.233. The van der Waals surface area contributed by atoms with E-state index in [1.54, 1.807) is 0 Å². The summed E-state index contributed by atoms with van der Waals surface area (Å²) in [5, 5.41) is 0. The van der Waals surface area contributed by atoms with Gasteiger partial charge in [-0.3, -0.25) is 0 Å². The van der Waals surface area contributed by atoms with Gasteiger partial charge in [-0.15, -0.1) is 0 Å². The van der Waals surface area contributed by atoms with Crippen LogP contribution < -0.4 is 4.74 Å². The van der Waals surface area contributed by atoms with E-state index in [0.717, 1.165) is 43.5 Å². The highest BCUT2D eigenvalue weighted by atomic mass is 16.7. The van der Waals surface area contributed by atoms with E-state index in [-0.39, 0.29) is 6.29 Å². The Kier molecular flexibility index (Phi) is 13.0. The summed E-state index contributed by atoms with van der Waals surface area (Å²) in [6.07, 6.45) is 21.6. The van der Waals surface area contributed by atoms with Crippen molar-refractivity contribution in [1.82, 2.24) is 0 Å². The highest BCUT2D eigenvalue weighted by Gasteiger charge is 2.23. The molecule has 1 aliphatic carbocycles. The third-order valence-corrected chi connectivity index (χ3v) is 8.55. The normalized spacial score (nSPS) is 20.1. The smallest absolute Gasteiger partial charge is 0.183 e. The van der Waals surface area contributed by atoms with Crippen LogP contribution in [0.4, 0.5) is 0 Å². The first-order chi connectivity index (χ1) is 18.8. The summed E-state index contributed by atoms with van der Waals surface area (Å²) >= 11 is 0. The summed E-state index contributed by atoms with van der Waals surface area (Å²) in [5.41, 5.74) is 3.52. The number of benzene rings is 2. The van der Waals surface area contributed by atoms with Crippen molar-refractivity contribution in [2.24, 2.45) is 11.8 Å². The number of hydrogen-bond acceptors (Lipinski definition) is 3. The molecule has 2 aromatic rings. The molecule has 4 rings (SSSR count). The maximum absolute atomic E-state index is 6.10. The van der Waals surface area contributed by atoms with Crippen LogP contribution in [-0.4, -0.2) is 19.8 Å². The standard InChI is InChI=1S/C35H52O3/c1-2-3-4-5-6-7-9-17-30-27-37-35(38-28-30)33-20-18-31(19-21-33)32-22-24-34(25-23-32)36-26-13-8-10-14-29-15-11-12-16-29/h18-25,29-30,35H,2-17,26-28H2,1H3/t30-,35-. The highest BCUT2D eigenvalue weighted by Crippen LogP contribution is 2.31. The van der Waals surface area contributed by atoms with Crippen molar-refractivity contribution in [3.63, 3.8) is 0 Å². The minimum Gasteiger partial charge on any atom is -0.494 e. The van der Waals surface area contributed by atoms with Crippen molar-refractivity contribution >= 4 is 0 Å². The molecule has 1 heterocycles. The molecule has 2 fully saturated rings. The molecule has 3 nitrogen and oxygen atoms in total. The van der Waals surface area contributed by atoms with E-state index in [1.807, 2.05) is 0 Å². The van der Waals surface area contributed by atoms with E-state index in [1.165, 1.54) is 107 Å². The molecule has 0 spiro atoms. The molecule has 0 N–H and O–H groups in total. The molecule has 0 amide bonds. The van der Waals surface area contributed by atoms with Crippen molar-refractivity contribution < 1.29 is 14.2 Å². The van der Waals surface area contributed by atoms with Gasteiger partial charge in [-0.1, -0.05) is 133 Å². The van der Waals surface area contributed by atoms with Crippen LogP contribution in [0.3, 0.4) is 0 Å². The van der Waals surface area contributed by atoms with Gasteiger partial charge in [0.2, 0.25) is 0 Å². The second-order valence-electron chi connectivity index (χ2n) is 11.8. The molecule has 0 unspecified atom stereocenters. The molecule has 1 saturated carbocycles. The fourth-order valence-electron chi connectivity index (χ4n) is 6.07. The Morgan fingerprint density at radius 1 is 0.632 bits per heavy atom. The second kappa shape index (κ2) is 17.0. The summed E-state index contributed by atoms with van der Waals surface area (Å²) in [6.45, 7) is 4.72. The molecule has 210 valence electrons. The van der Waals surface area contributed by atoms with Gasteiger partial charge in [0.25, 0.3) is 0 Å². The predicted octanol–water partition coefficient (Wildman–Crippen LogP) is 10.3. The van der Waals surface area contributed by atoms with Crippen molar-refractivity contribution in [2.45, 2.75) is 116 Å². The number of ether oxygens (including phenoxy) is 3. The topological polar surface area (TPSA) is 27.7 Å². The predicted molar refractivity (Wildman–Crippen MR) is 159 cm³/mol.